The van der Waals surface area contributed by atoms with Crippen LogP contribution in [0.1, 0.15) is 5.56 Å². The molecule has 6 nitrogen and oxygen atoms in total. The number of nitrogens with zero attached hydrogens (tertiary/aromatic N) is 1. The predicted octanol–water partition coefficient (Wildman–Crippen LogP) is 2.89. The summed E-state index contributed by atoms with van der Waals surface area (Å²) < 4.78 is 50.2. The summed E-state index contributed by atoms with van der Waals surface area (Å²) in [6.07, 6.45) is 0.903. The van der Waals surface area contributed by atoms with Crippen LogP contribution in [-0.2, 0) is 16.4 Å². The summed E-state index contributed by atoms with van der Waals surface area (Å²) in [4.78, 5) is 9.75. The van der Waals surface area contributed by atoms with Gasteiger partial charge in [-0.1, -0.05) is 0 Å². The molecule has 0 aliphatic rings. The molecule has 0 unspecified atom stereocenters. The Morgan fingerprint density at radius 1 is 1.17 bits per heavy atom. The van der Waals surface area contributed by atoms with Gasteiger partial charge in [0.2, 0.25) is 0 Å². The number of nitrogens with one attached hydrogen (secondary N) is 1. The number of anilines is 1. The average molecular weight is 342 g/mol. The van der Waals surface area contributed by atoms with Gasteiger partial charge in [0.15, 0.2) is 9.84 Å². The topological polar surface area (TPSA) is 89.3 Å². The van der Waals surface area contributed by atoms with E-state index >= 15 is 0 Å². The number of nitro benzene ring substituents is 1. The number of sulfone groups is 1. The Bertz CT molecular complexity index is 869. The SMILES string of the molecule is CS(=O)(=O)c1cc([N+](=O)[O-])ccc1NCc1cc(F)ccc1F. The molecule has 0 saturated carbocycles. The van der Waals surface area contributed by atoms with Gasteiger partial charge in [0.05, 0.1) is 15.5 Å². The van der Waals surface area contributed by atoms with Crippen molar-refractivity contribution in [3.8, 4) is 0 Å². The first-order valence-electron chi connectivity index (χ1n) is 6.35. The van der Waals surface area contributed by atoms with E-state index in [9.17, 15) is 27.3 Å². The zero-order chi connectivity index (χ0) is 17.2. The first kappa shape index (κ1) is 16.8. The van der Waals surface area contributed by atoms with Crippen LogP contribution in [0.15, 0.2) is 41.3 Å². The summed E-state index contributed by atoms with van der Waals surface area (Å²) in [5, 5.41) is 13.4. The molecule has 0 heterocycles. The van der Waals surface area contributed by atoms with E-state index < -0.39 is 26.4 Å². The van der Waals surface area contributed by atoms with Crippen molar-refractivity contribution in [3.63, 3.8) is 0 Å². The van der Waals surface area contributed by atoms with E-state index in [2.05, 4.69) is 5.32 Å². The number of hydrogen-bond donors (Lipinski definition) is 1. The second kappa shape index (κ2) is 6.29. The van der Waals surface area contributed by atoms with Gasteiger partial charge < -0.3 is 5.32 Å². The van der Waals surface area contributed by atoms with Crippen LogP contribution in [0.2, 0.25) is 0 Å². The molecule has 122 valence electrons. The van der Waals surface area contributed by atoms with Crippen molar-refractivity contribution in [2.75, 3.05) is 11.6 Å². The molecule has 0 radical (unpaired) electrons. The summed E-state index contributed by atoms with van der Waals surface area (Å²) >= 11 is 0. The summed E-state index contributed by atoms with van der Waals surface area (Å²) in [5.74, 6) is -1.28. The lowest BCUT2D eigenvalue weighted by Crippen LogP contribution is -2.08. The number of hydrogen-bond acceptors (Lipinski definition) is 5. The third-order valence-corrected chi connectivity index (χ3v) is 4.19. The Kier molecular flexibility index (Phi) is 4.60. The number of halogens is 2. The average Bonchev–Trinajstić information content (AvgIpc) is 2.47. The molecule has 0 bridgehead atoms. The minimum absolute atomic E-state index is 0.00260. The maximum Gasteiger partial charge on any atom is 0.270 e. The summed E-state index contributed by atoms with van der Waals surface area (Å²) in [5.41, 5.74) is -0.308. The number of nitro groups is 1. The van der Waals surface area contributed by atoms with Crippen molar-refractivity contribution in [2.45, 2.75) is 11.4 Å². The van der Waals surface area contributed by atoms with Crippen molar-refractivity contribution in [1.82, 2.24) is 0 Å². The standard InChI is InChI=1S/C14H12F2N2O4S/c1-23(21,22)14-7-11(18(19)20)3-5-13(14)17-8-9-6-10(15)2-4-12(9)16/h2-7,17H,8H2,1H3. The molecule has 9 heteroatoms. The van der Waals surface area contributed by atoms with E-state index in [-0.39, 0.29) is 28.4 Å². The van der Waals surface area contributed by atoms with E-state index in [0.29, 0.717) is 0 Å². The summed E-state index contributed by atoms with van der Waals surface area (Å²) in [6.45, 7) is -0.177. The van der Waals surface area contributed by atoms with Gasteiger partial charge in [-0.25, -0.2) is 17.2 Å². The molecule has 2 aromatic carbocycles. The Balaban J connectivity index is 2.36. The lowest BCUT2D eigenvalue weighted by molar-refractivity contribution is -0.385. The van der Waals surface area contributed by atoms with E-state index in [0.717, 1.165) is 36.6 Å². The molecule has 2 aromatic rings. The lowest BCUT2D eigenvalue weighted by Gasteiger charge is -2.11. The molecule has 0 saturated heterocycles. The molecule has 0 atom stereocenters. The van der Waals surface area contributed by atoms with Crippen LogP contribution in [0.3, 0.4) is 0 Å². The lowest BCUT2D eigenvalue weighted by atomic mass is 10.2. The van der Waals surface area contributed by atoms with Crippen LogP contribution < -0.4 is 5.32 Å². The molecule has 1 N–H and O–H groups in total. The van der Waals surface area contributed by atoms with Gasteiger partial charge in [0, 0.05) is 30.5 Å². The largest absolute Gasteiger partial charge is 0.380 e. The summed E-state index contributed by atoms with van der Waals surface area (Å²) in [6, 6.07) is 6.16. The Hall–Kier alpha value is -2.55. The number of non-ortho nitro benzene ring substituents is 1. The normalized spacial score (nSPS) is 11.3. The zero-order valence-electron chi connectivity index (χ0n) is 11.9. The highest BCUT2D eigenvalue weighted by Crippen LogP contribution is 2.27. The minimum atomic E-state index is -3.75. The number of rotatable bonds is 5. The fourth-order valence-electron chi connectivity index (χ4n) is 1.95. The summed E-state index contributed by atoms with van der Waals surface area (Å²) in [7, 11) is -3.75. The fourth-order valence-corrected chi connectivity index (χ4v) is 2.82. The van der Waals surface area contributed by atoms with Gasteiger partial charge in [-0.15, -0.1) is 0 Å². The molecule has 0 fully saturated rings. The maximum absolute atomic E-state index is 13.6. The van der Waals surface area contributed by atoms with Gasteiger partial charge in [-0.2, -0.15) is 0 Å². The van der Waals surface area contributed by atoms with Gasteiger partial charge in [0.1, 0.15) is 11.6 Å². The molecule has 0 aromatic heterocycles. The van der Waals surface area contributed by atoms with Crippen molar-refractivity contribution in [3.05, 3.63) is 63.7 Å². The molecule has 0 aliphatic heterocycles. The van der Waals surface area contributed by atoms with Crippen molar-refractivity contribution >= 4 is 21.2 Å². The van der Waals surface area contributed by atoms with E-state index in [1.165, 1.54) is 6.07 Å². The zero-order valence-corrected chi connectivity index (χ0v) is 12.7. The first-order valence-corrected chi connectivity index (χ1v) is 8.24. The first-order chi connectivity index (χ1) is 10.7. The van der Waals surface area contributed by atoms with Crippen molar-refractivity contribution in [1.29, 1.82) is 0 Å². The quantitative estimate of drug-likeness (QED) is 0.666. The molecular formula is C14H12F2N2O4S. The van der Waals surface area contributed by atoms with Crippen LogP contribution in [0.4, 0.5) is 20.2 Å². The smallest absolute Gasteiger partial charge is 0.270 e. The Labute approximate surface area is 130 Å². The third kappa shape index (κ3) is 4.01. The van der Waals surface area contributed by atoms with Gasteiger partial charge in [0.25, 0.3) is 5.69 Å². The fraction of sp³-hybridized carbons (Fsp3) is 0.143. The third-order valence-electron chi connectivity index (χ3n) is 3.05. The second-order valence-corrected chi connectivity index (χ2v) is 6.78. The second-order valence-electron chi connectivity index (χ2n) is 4.80. The highest BCUT2D eigenvalue weighted by atomic mass is 32.2. The highest BCUT2D eigenvalue weighted by molar-refractivity contribution is 7.90. The Morgan fingerprint density at radius 2 is 1.87 bits per heavy atom. The molecule has 0 aliphatic carbocycles. The number of benzene rings is 2. The molecule has 0 spiro atoms. The van der Waals surface area contributed by atoms with Crippen LogP contribution in [0.25, 0.3) is 0 Å². The van der Waals surface area contributed by atoms with Gasteiger partial charge in [-0.05, 0) is 24.3 Å². The molecular weight excluding hydrogens is 330 g/mol. The van der Waals surface area contributed by atoms with E-state index in [1.54, 1.807) is 0 Å². The molecule has 23 heavy (non-hydrogen) atoms. The van der Waals surface area contributed by atoms with Crippen LogP contribution in [0, 0.1) is 21.7 Å². The maximum atomic E-state index is 13.6. The Morgan fingerprint density at radius 3 is 2.48 bits per heavy atom. The molecule has 2 rings (SSSR count). The van der Waals surface area contributed by atoms with Crippen molar-refractivity contribution < 1.29 is 22.1 Å². The van der Waals surface area contributed by atoms with E-state index in [4.69, 9.17) is 0 Å². The predicted molar refractivity (Wildman–Crippen MR) is 79.9 cm³/mol. The van der Waals surface area contributed by atoms with Gasteiger partial charge in [-0.3, -0.25) is 10.1 Å². The molecule has 0 amide bonds. The van der Waals surface area contributed by atoms with Crippen LogP contribution >= 0.6 is 0 Å². The van der Waals surface area contributed by atoms with Crippen molar-refractivity contribution in [2.24, 2.45) is 0 Å². The van der Waals surface area contributed by atoms with Gasteiger partial charge >= 0.3 is 0 Å². The van der Waals surface area contributed by atoms with Crippen LogP contribution in [-0.4, -0.2) is 19.6 Å². The highest BCUT2D eigenvalue weighted by Gasteiger charge is 2.18. The van der Waals surface area contributed by atoms with Crippen LogP contribution in [0.5, 0.6) is 0 Å². The minimum Gasteiger partial charge on any atom is -0.380 e. The van der Waals surface area contributed by atoms with E-state index in [1.807, 2.05) is 0 Å². The monoisotopic (exact) mass is 342 g/mol.